The highest BCUT2D eigenvalue weighted by Gasteiger charge is 2.33. The van der Waals surface area contributed by atoms with E-state index in [9.17, 15) is 9.59 Å². The molecule has 2 amide bonds. The second kappa shape index (κ2) is 9.45. The number of carbonyl (C=O) groups excluding carboxylic acids is 2. The second-order valence-corrected chi connectivity index (χ2v) is 9.32. The van der Waals surface area contributed by atoms with Crippen molar-refractivity contribution >= 4 is 11.8 Å². The van der Waals surface area contributed by atoms with Crippen LogP contribution < -0.4 is 5.32 Å². The highest BCUT2D eigenvalue weighted by Crippen LogP contribution is 2.28. The molecule has 6 nitrogen and oxygen atoms in total. The summed E-state index contributed by atoms with van der Waals surface area (Å²) in [6, 6.07) is 9.88. The Bertz CT molecular complexity index is 859. The third-order valence-electron chi connectivity index (χ3n) is 5.61. The molecule has 3 rings (SSSR count). The highest BCUT2D eigenvalue weighted by atomic mass is 16.5. The summed E-state index contributed by atoms with van der Waals surface area (Å²) in [5.74, 6) is 0.367. The van der Waals surface area contributed by atoms with Gasteiger partial charge in [-0.15, -0.1) is 0 Å². The fraction of sp³-hybridized carbons (Fsp3) is 0.542. The Balaban J connectivity index is 1.65. The van der Waals surface area contributed by atoms with Crippen molar-refractivity contribution in [1.29, 1.82) is 0 Å². The maximum absolute atomic E-state index is 13.1. The molecular weight excluding hydrogens is 378 g/mol. The van der Waals surface area contributed by atoms with Gasteiger partial charge in [0, 0.05) is 24.1 Å². The first-order valence-corrected chi connectivity index (χ1v) is 10.8. The summed E-state index contributed by atoms with van der Waals surface area (Å²) in [4.78, 5) is 27.5. The summed E-state index contributed by atoms with van der Waals surface area (Å²) in [7, 11) is 0. The molecule has 162 valence electrons. The summed E-state index contributed by atoms with van der Waals surface area (Å²) in [5, 5.41) is 6.81. The van der Waals surface area contributed by atoms with Crippen molar-refractivity contribution in [1.82, 2.24) is 15.4 Å². The first-order valence-electron chi connectivity index (χ1n) is 10.8. The lowest BCUT2D eigenvalue weighted by atomic mass is 9.89. The van der Waals surface area contributed by atoms with Gasteiger partial charge >= 0.3 is 0 Å². The summed E-state index contributed by atoms with van der Waals surface area (Å²) in [6.07, 6.45) is 5.53. The zero-order valence-corrected chi connectivity index (χ0v) is 18.5. The quantitative estimate of drug-likeness (QED) is 0.752. The van der Waals surface area contributed by atoms with Gasteiger partial charge in [0.15, 0.2) is 11.5 Å². The SMILES string of the molecule is Cc1ccc(CNC(=O)c2cc(CN(C(=O)C(C)(C)C)C3CCCCC3)on2)cc1. The van der Waals surface area contributed by atoms with Gasteiger partial charge in [0.2, 0.25) is 5.91 Å². The average molecular weight is 412 g/mol. The molecule has 1 aromatic carbocycles. The first-order chi connectivity index (χ1) is 14.2. The largest absolute Gasteiger partial charge is 0.359 e. The van der Waals surface area contributed by atoms with Crippen LogP contribution >= 0.6 is 0 Å². The molecular formula is C24H33N3O3. The molecule has 1 aromatic heterocycles. The molecule has 0 aliphatic heterocycles. The van der Waals surface area contributed by atoms with Gasteiger partial charge in [-0.1, -0.05) is 75.0 Å². The standard InChI is InChI=1S/C24H33N3O3/c1-17-10-12-18(13-11-17)15-25-22(28)21-14-20(30-26-21)16-27(23(29)24(2,3)4)19-8-6-5-7-9-19/h10-14,19H,5-9,15-16H2,1-4H3,(H,25,28). The monoisotopic (exact) mass is 411 g/mol. The van der Waals surface area contributed by atoms with E-state index < -0.39 is 5.41 Å². The molecule has 30 heavy (non-hydrogen) atoms. The van der Waals surface area contributed by atoms with Crippen LogP contribution in [0.2, 0.25) is 0 Å². The molecule has 2 aromatic rings. The third-order valence-corrected chi connectivity index (χ3v) is 5.61. The molecule has 1 heterocycles. The maximum atomic E-state index is 13.1. The molecule has 0 spiro atoms. The number of hydrogen-bond donors (Lipinski definition) is 1. The minimum absolute atomic E-state index is 0.108. The lowest BCUT2D eigenvalue weighted by Gasteiger charge is -2.37. The fourth-order valence-electron chi connectivity index (χ4n) is 3.83. The van der Waals surface area contributed by atoms with E-state index in [4.69, 9.17) is 4.52 Å². The van der Waals surface area contributed by atoms with Crippen molar-refractivity contribution in [3.63, 3.8) is 0 Å². The number of rotatable bonds is 6. The van der Waals surface area contributed by atoms with E-state index in [0.717, 1.165) is 31.2 Å². The van der Waals surface area contributed by atoms with Crippen molar-refractivity contribution in [2.45, 2.75) is 78.9 Å². The predicted octanol–water partition coefficient (Wildman–Crippen LogP) is 4.62. The Morgan fingerprint density at radius 1 is 1.13 bits per heavy atom. The second-order valence-electron chi connectivity index (χ2n) is 9.32. The molecule has 0 saturated heterocycles. The van der Waals surface area contributed by atoms with E-state index in [1.54, 1.807) is 6.07 Å². The molecule has 0 bridgehead atoms. The molecule has 0 radical (unpaired) electrons. The minimum atomic E-state index is -0.467. The number of hydrogen-bond acceptors (Lipinski definition) is 4. The zero-order valence-electron chi connectivity index (χ0n) is 18.5. The number of aryl methyl sites for hydroxylation is 1. The van der Waals surface area contributed by atoms with Gasteiger partial charge in [-0.05, 0) is 25.3 Å². The Kier molecular flexibility index (Phi) is 6.95. The van der Waals surface area contributed by atoms with Crippen LogP contribution in [0, 0.1) is 12.3 Å². The first kappa shape index (κ1) is 22.1. The summed E-state index contributed by atoms with van der Waals surface area (Å²) < 4.78 is 5.43. The number of nitrogens with one attached hydrogen (secondary N) is 1. The number of carbonyl (C=O) groups is 2. The normalized spacial score (nSPS) is 15.1. The van der Waals surface area contributed by atoms with Crippen molar-refractivity contribution in [3.8, 4) is 0 Å². The van der Waals surface area contributed by atoms with Gasteiger partial charge in [0.1, 0.15) is 0 Å². The summed E-state index contributed by atoms with van der Waals surface area (Å²) >= 11 is 0. The van der Waals surface area contributed by atoms with Crippen LogP contribution in [-0.2, 0) is 17.9 Å². The summed E-state index contributed by atoms with van der Waals surface area (Å²) in [5.41, 5.74) is 1.98. The maximum Gasteiger partial charge on any atom is 0.273 e. The predicted molar refractivity (Wildman–Crippen MR) is 116 cm³/mol. The number of nitrogens with zero attached hydrogens (tertiary/aromatic N) is 2. The highest BCUT2D eigenvalue weighted by molar-refractivity contribution is 5.92. The van der Waals surface area contributed by atoms with Crippen LogP contribution in [0.1, 0.15) is 80.3 Å². The van der Waals surface area contributed by atoms with Gasteiger partial charge in [0.25, 0.3) is 5.91 Å². The lowest BCUT2D eigenvalue weighted by Crippen LogP contribution is -2.46. The van der Waals surface area contributed by atoms with Crippen molar-refractivity contribution < 1.29 is 14.1 Å². The Morgan fingerprint density at radius 3 is 2.43 bits per heavy atom. The lowest BCUT2D eigenvalue weighted by molar-refractivity contribution is -0.143. The van der Waals surface area contributed by atoms with E-state index in [0.29, 0.717) is 18.8 Å². The molecule has 1 saturated carbocycles. The zero-order chi connectivity index (χ0) is 21.7. The van der Waals surface area contributed by atoms with Crippen molar-refractivity contribution in [2.75, 3.05) is 0 Å². The van der Waals surface area contributed by atoms with Crippen molar-refractivity contribution in [2.24, 2.45) is 5.41 Å². The molecule has 1 N–H and O–H groups in total. The summed E-state index contributed by atoms with van der Waals surface area (Å²) in [6.45, 7) is 8.62. The van der Waals surface area contributed by atoms with E-state index in [1.807, 2.05) is 56.9 Å². The van der Waals surface area contributed by atoms with Crippen molar-refractivity contribution in [3.05, 3.63) is 52.9 Å². The molecule has 6 heteroatoms. The fourth-order valence-corrected chi connectivity index (χ4v) is 3.83. The van der Waals surface area contributed by atoms with Gasteiger partial charge in [-0.2, -0.15) is 0 Å². The van der Waals surface area contributed by atoms with Gasteiger partial charge in [-0.25, -0.2) is 0 Å². The molecule has 0 unspecified atom stereocenters. The Hall–Kier alpha value is -2.63. The van der Waals surface area contributed by atoms with E-state index in [-0.39, 0.29) is 23.6 Å². The van der Waals surface area contributed by atoms with Crippen LogP contribution in [0.25, 0.3) is 0 Å². The van der Waals surface area contributed by atoms with Crippen LogP contribution in [0.15, 0.2) is 34.9 Å². The van der Waals surface area contributed by atoms with E-state index in [1.165, 1.54) is 12.0 Å². The van der Waals surface area contributed by atoms with Crippen LogP contribution in [0.5, 0.6) is 0 Å². The average Bonchev–Trinajstić information content (AvgIpc) is 3.20. The Labute approximate surface area is 179 Å². The van der Waals surface area contributed by atoms with Crippen LogP contribution in [0.4, 0.5) is 0 Å². The topological polar surface area (TPSA) is 75.4 Å². The minimum Gasteiger partial charge on any atom is -0.359 e. The molecule has 0 atom stereocenters. The van der Waals surface area contributed by atoms with Crippen LogP contribution in [0.3, 0.4) is 0 Å². The van der Waals surface area contributed by atoms with Gasteiger partial charge < -0.3 is 14.7 Å². The van der Waals surface area contributed by atoms with Gasteiger partial charge in [-0.3, -0.25) is 9.59 Å². The number of aromatic nitrogens is 1. The number of benzene rings is 1. The molecule has 1 aliphatic carbocycles. The number of amides is 2. The van der Waals surface area contributed by atoms with Gasteiger partial charge in [0.05, 0.1) is 6.54 Å². The van der Waals surface area contributed by atoms with E-state index in [2.05, 4.69) is 10.5 Å². The van der Waals surface area contributed by atoms with Crippen LogP contribution in [-0.4, -0.2) is 27.9 Å². The Morgan fingerprint density at radius 2 is 1.80 bits per heavy atom. The third kappa shape index (κ3) is 5.71. The molecule has 1 aliphatic rings. The smallest absolute Gasteiger partial charge is 0.273 e. The molecule has 1 fully saturated rings. The van der Waals surface area contributed by atoms with E-state index >= 15 is 0 Å².